The molecular formula is C21H26O2. The highest BCUT2D eigenvalue weighted by molar-refractivity contribution is 5.48. The van der Waals surface area contributed by atoms with Crippen LogP contribution in [0.2, 0.25) is 0 Å². The standard InChI is InChI=1S/C21H26O2/c1-3-15-13-17(7-9-19(15)22)21(11-5-6-12-21)18-8-10-20(23)16(4-2)14-18/h7-10,13-14,22-23H,3-6,11-12H2,1-2H3. The highest BCUT2D eigenvalue weighted by Crippen LogP contribution is 2.47. The van der Waals surface area contributed by atoms with Crippen LogP contribution >= 0.6 is 0 Å². The Labute approximate surface area is 138 Å². The molecule has 0 unspecified atom stereocenters. The third-order valence-corrected chi connectivity index (χ3v) is 5.48. The Morgan fingerprint density at radius 3 is 1.61 bits per heavy atom. The van der Waals surface area contributed by atoms with Crippen LogP contribution in [0.15, 0.2) is 36.4 Å². The molecule has 0 radical (unpaired) electrons. The van der Waals surface area contributed by atoms with Crippen molar-refractivity contribution in [3.05, 3.63) is 58.7 Å². The molecule has 2 nitrogen and oxygen atoms in total. The third kappa shape index (κ3) is 2.71. The predicted octanol–water partition coefficient (Wildman–Crippen LogP) is 5.08. The van der Waals surface area contributed by atoms with Gasteiger partial charge in [0.25, 0.3) is 0 Å². The summed E-state index contributed by atoms with van der Waals surface area (Å²) in [5.41, 5.74) is 4.66. The molecule has 0 atom stereocenters. The first-order valence-corrected chi connectivity index (χ1v) is 8.75. The molecule has 0 spiro atoms. The first-order chi connectivity index (χ1) is 11.1. The molecule has 0 aromatic heterocycles. The number of benzene rings is 2. The summed E-state index contributed by atoms with van der Waals surface area (Å²) in [4.78, 5) is 0. The van der Waals surface area contributed by atoms with Crippen LogP contribution in [0, 0.1) is 0 Å². The van der Waals surface area contributed by atoms with E-state index in [0.29, 0.717) is 11.5 Å². The lowest BCUT2D eigenvalue weighted by molar-refractivity contribution is 0.464. The molecule has 0 saturated heterocycles. The van der Waals surface area contributed by atoms with Crippen LogP contribution in [-0.2, 0) is 18.3 Å². The largest absolute Gasteiger partial charge is 0.508 e. The Morgan fingerprint density at radius 2 is 1.22 bits per heavy atom. The maximum Gasteiger partial charge on any atom is 0.118 e. The van der Waals surface area contributed by atoms with Crippen molar-refractivity contribution in [2.24, 2.45) is 0 Å². The summed E-state index contributed by atoms with van der Waals surface area (Å²) < 4.78 is 0. The maximum absolute atomic E-state index is 10.0. The zero-order valence-electron chi connectivity index (χ0n) is 14.1. The van der Waals surface area contributed by atoms with Gasteiger partial charge in [-0.25, -0.2) is 0 Å². The molecule has 0 heterocycles. The Bertz CT molecular complexity index is 641. The van der Waals surface area contributed by atoms with Gasteiger partial charge < -0.3 is 10.2 Å². The molecule has 2 N–H and O–H groups in total. The normalized spacial score (nSPS) is 16.6. The Morgan fingerprint density at radius 1 is 0.783 bits per heavy atom. The van der Waals surface area contributed by atoms with Gasteiger partial charge in [0.1, 0.15) is 11.5 Å². The molecule has 1 fully saturated rings. The number of hydrogen-bond acceptors (Lipinski definition) is 2. The number of phenols is 2. The van der Waals surface area contributed by atoms with Crippen LogP contribution in [0.3, 0.4) is 0 Å². The van der Waals surface area contributed by atoms with Gasteiger partial charge in [-0.05, 0) is 60.1 Å². The van der Waals surface area contributed by atoms with Crippen LogP contribution in [0.4, 0.5) is 0 Å². The van der Waals surface area contributed by atoms with Gasteiger partial charge in [-0.3, -0.25) is 0 Å². The Balaban J connectivity index is 2.14. The number of rotatable bonds is 4. The Hall–Kier alpha value is -1.96. The maximum atomic E-state index is 10.0. The van der Waals surface area contributed by atoms with Crippen molar-refractivity contribution >= 4 is 0 Å². The van der Waals surface area contributed by atoms with Crippen LogP contribution < -0.4 is 0 Å². The second-order valence-corrected chi connectivity index (χ2v) is 6.68. The molecule has 1 aliphatic rings. The van der Waals surface area contributed by atoms with Crippen LogP contribution in [0.25, 0.3) is 0 Å². The predicted molar refractivity (Wildman–Crippen MR) is 94.2 cm³/mol. The third-order valence-electron chi connectivity index (χ3n) is 5.48. The minimum atomic E-state index is 0.0231. The quantitative estimate of drug-likeness (QED) is 0.826. The summed E-state index contributed by atoms with van der Waals surface area (Å²) in [6.45, 7) is 4.16. The van der Waals surface area contributed by atoms with Crippen LogP contribution in [0.1, 0.15) is 61.8 Å². The molecule has 122 valence electrons. The summed E-state index contributed by atoms with van der Waals surface area (Å²) in [5, 5.41) is 20.0. The fourth-order valence-corrected chi connectivity index (χ4v) is 4.06. The molecule has 1 saturated carbocycles. The van der Waals surface area contributed by atoms with E-state index >= 15 is 0 Å². The molecular weight excluding hydrogens is 284 g/mol. The highest BCUT2D eigenvalue weighted by atomic mass is 16.3. The molecule has 3 rings (SSSR count). The second-order valence-electron chi connectivity index (χ2n) is 6.68. The lowest BCUT2D eigenvalue weighted by Gasteiger charge is -2.31. The summed E-state index contributed by atoms with van der Waals surface area (Å²) >= 11 is 0. The van der Waals surface area contributed by atoms with Gasteiger partial charge >= 0.3 is 0 Å². The van der Waals surface area contributed by atoms with Crippen molar-refractivity contribution in [1.82, 2.24) is 0 Å². The van der Waals surface area contributed by atoms with E-state index in [0.717, 1.165) is 36.8 Å². The topological polar surface area (TPSA) is 40.5 Å². The van der Waals surface area contributed by atoms with E-state index in [-0.39, 0.29) is 5.41 Å². The lowest BCUT2D eigenvalue weighted by atomic mass is 9.72. The number of phenolic OH excluding ortho intramolecular Hbond substituents is 2. The van der Waals surface area contributed by atoms with Gasteiger partial charge in [-0.1, -0.05) is 51.0 Å². The lowest BCUT2D eigenvalue weighted by Crippen LogP contribution is -2.24. The summed E-state index contributed by atoms with van der Waals surface area (Å²) in [5.74, 6) is 0.786. The van der Waals surface area contributed by atoms with Crippen LogP contribution in [-0.4, -0.2) is 10.2 Å². The van der Waals surface area contributed by atoms with Gasteiger partial charge in [-0.15, -0.1) is 0 Å². The van der Waals surface area contributed by atoms with E-state index in [1.807, 2.05) is 12.1 Å². The van der Waals surface area contributed by atoms with Gasteiger partial charge in [0.05, 0.1) is 0 Å². The molecule has 2 aromatic rings. The van der Waals surface area contributed by atoms with Crippen LogP contribution in [0.5, 0.6) is 11.5 Å². The zero-order chi connectivity index (χ0) is 16.4. The fraction of sp³-hybridized carbons (Fsp3) is 0.429. The van der Waals surface area contributed by atoms with Crippen molar-refractivity contribution in [1.29, 1.82) is 0 Å². The summed E-state index contributed by atoms with van der Waals surface area (Å²) in [6, 6.07) is 12.2. The van der Waals surface area contributed by atoms with E-state index in [4.69, 9.17) is 0 Å². The fourth-order valence-electron chi connectivity index (χ4n) is 4.06. The first-order valence-electron chi connectivity index (χ1n) is 8.75. The summed E-state index contributed by atoms with van der Waals surface area (Å²) in [6.07, 6.45) is 6.40. The van der Waals surface area contributed by atoms with Gasteiger partial charge in [0.2, 0.25) is 0 Å². The molecule has 23 heavy (non-hydrogen) atoms. The number of aryl methyl sites for hydroxylation is 2. The van der Waals surface area contributed by atoms with E-state index in [1.165, 1.54) is 24.0 Å². The van der Waals surface area contributed by atoms with Gasteiger partial charge in [0.15, 0.2) is 0 Å². The number of aromatic hydroxyl groups is 2. The molecule has 0 amide bonds. The minimum Gasteiger partial charge on any atom is -0.508 e. The Kier molecular flexibility index (Phi) is 4.34. The molecule has 2 aromatic carbocycles. The average molecular weight is 310 g/mol. The van der Waals surface area contributed by atoms with E-state index in [1.54, 1.807) is 0 Å². The van der Waals surface area contributed by atoms with E-state index in [2.05, 4.69) is 38.1 Å². The van der Waals surface area contributed by atoms with Gasteiger partial charge in [-0.2, -0.15) is 0 Å². The zero-order valence-corrected chi connectivity index (χ0v) is 14.1. The number of hydrogen-bond donors (Lipinski definition) is 2. The molecule has 0 aliphatic heterocycles. The first kappa shape index (κ1) is 15.9. The summed E-state index contributed by atoms with van der Waals surface area (Å²) in [7, 11) is 0. The second kappa shape index (κ2) is 6.27. The highest BCUT2D eigenvalue weighted by Gasteiger charge is 2.37. The van der Waals surface area contributed by atoms with E-state index < -0.39 is 0 Å². The molecule has 0 bridgehead atoms. The van der Waals surface area contributed by atoms with Crippen molar-refractivity contribution in [3.8, 4) is 11.5 Å². The van der Waals surface area contributed by atoms with Crippen molar-refractivity contribution in [3.63, 3.8) is 0 Å². The van der Waals surface area contributed by atoms with Crippen molar-refractivity contribution in [2.75, 3.05) is 0 Å². The average Bonchev–Trinajstić information content (AvgIpc) is 3.06. The molecule has 1 aliphatic carbocycles. The molecule has 2 heteroatoms. The smallest absolute Gasteiger partial charge is 0.118 e. The van der Waals surface area contributed by atoms with Crippen molar-refractivity contribution < 1.29 is 10.2 Å². The van der Waals surface area contributed by atoms with Gasteiger partial charge in [0, 0.05) is 5.41 Å². The minimum absolute atomic E-state index is 0.0231. The van der Waals surface area contributed by atoms with E-state index in [9.17, 15) is 10.2 Å². The SMILES string of the molecule is CCc1cc(C2(c3ccc(O)c(CC)c3)CCCC2)ccc1O. The van der Waals surface area contributed by atoms with Crippen molar-refractivity contribution in [2.45, 2.75) is 57.8 Å². The monoisotopic (exact) mass is 310 g/mol.